The second kappa shape index (κ2) is 4.92. The number of aryl methyl sites for hydroxylation is 2. The molecular formula is C15H15N3O2. The van der Waals surface area contributed by atoms with Crippen molar-refractivity contribution in [3.63, 3.8) is 0 Å². The second-order valence-electron chi connectivity index (χ2n) is 4.95. The molecule has 102 valence electrons. The number of aromatic nitrogens is 2. The van der Waals surface area contributed by atoms with Crippen LogP contribution < -0.4 is 10.5 Å². The molecule has 0 saturated heterocycles. The van der Waals surface area contributed by atoms with Crippen molar-refractivity contribution in [2.24, 2.45) is 0 Å². The van der Waals surface area contributed by atoms with E-state index in [9.17, 15) is 9.59 Å². The molecule has 5 nitrogen and oxygen atoms in total. The highest BCUT2D eigenvalue weighted by atomic mass is 16.2. The number of para-hydroxylation sites is 1. The van der Waals surface area contributed by atoms with E-state index in [1.165, 1.54) is 17.7 Å². The summed E-state index contributed by atoms with van der Waals surface area (Å²) in [4.78, 5) is 25.4. The number of benzene rings is 1. The van der Waals surface area contributed by atoms with E-state index >= 15 is 0 Å². The lowest BCUT2D eigenvalue weighted by Gasteiger charge is -2.30. The van der Waals surface area contributed by atoms with Gasteiger partial charge in [0.05, 0.1) is 5.69 Å². The first kappa shape index (κ1) is 12.6. The summed E-state index contributed by atoms with van der Waals surface area (Å²) in [5.74, 6) is -0.170. The summed E-state index contributed by atoms with van der Waals surface area (Å²) in [5.41, 5.74) is 3.21. The molecule has 1 aliphatic heterocycles. The van der Waals surface area contributed by atoms with Gasteiger partial charge >= 0.3 is 0 Å². The first-order valence-electron chi connectivity index (χ1n) is 6.63. The van der Waals surface area contributed by atoms with Gasteiger partial charge in [-0.05, 0) is 37.0 Å². The fraction of sp³-hybridized carbons (Fsp3) is 0.267. The Morgan fingerprint density at radius 3 is 2.90 bits per heavy atom. The van der Waals surface area contributed by atoms with Crippen LogP contribution in [0.15, 0.2) is 35.1 Å². The monoisotopic (exact) mass is 269 g/mol. The molecular weight excluding hydrogens is 254 g/mol. The second-order valence-corrected chi connectivity index (χ2v) is 4.95. The molecule has 1 aromatic heterocycles. The Morgan fingerprint density at radius 2 is 2.15 bits per heavy atom. The predicted octanol–water partition coefficient (Wildman–Crippen LogP) is 1.67. The van der Waals surface area contributed by atoms with Gasteiger partial charge in [0.15, 0.2) is 0 Å². The smallest absolute Gasteiger partial charge is 0.278 e. The summed E-state index contributed by atoms with van der Waals surface area (Å²) >= 11 is 0. The Balaban J connectivity index is 2.02. The number of nitrogens with one attached hydrogen (secondary N) is 1. The van der Waals surface area contributed by atoms with Crippen LogP contribution in [0.4, 0.5) is 5.69 Å². The van der Waals surface area contributed by atoms with E-state index in [0.717, 1.165) is 24.1 Å². The maximum absolute atomic E-state index is 12.6. The lowest BCUT2D eigenvalue weighted by atomic mass is 9.98. The highest BCUT2D eigenvalue weighted by Crippen LogP contribution is 2.31. The van der Waals surface area contributed by atoms with Crippen LogP contribution in [0.2, 0.25) is 0 Å². The molecule has 3 rings (SSSR count). The molecule has 5 heteroatoms. The standard InChI is InChI=1S/C15H15N3O2/c1-10-4-2-5-11-6-3-9-18(14(10)11)15(20)12-7-8-13(19)17-16-12/h2,4-5,7-8H,3,6,9H2,1H3,(H,17,19). The fourth-order valence-electron chi connectivity index (χ4n) is 2.65. The van der Waals surface area contributed by atoms with E-state index in [-0.39, 0.29) is 17.2 Å². The van der Waals surface area contributed by atoms with Crippen molar-refractivity contribution >= 4 is 11.6 Å². The zero-order chi connectivity index (χ0) is 14.1. The lowest BCUT2D eigenvalue weighted by molar-refractivity contribution is 0.0979. The van der Waals surface area contributed by atoms with Gasteiger partial charge in [0.1, 0.15) is 5.69 Å². The Bertz CT molecular complexity index is 701. The number of rotatable bonds is 1. The summed E-state index contributed by atoms with van der Waals surface area (Å²) in [7, 11) is 0. The zero-order valence-electron chi connectivity index (χ0n) is 11.2. The number of aromatic amines is 1. The van der Waals surface area contributed by atoms with Crippen molar-refractivity contribution in [3.8, 4) is 0 Å². The molecule has 0 unspecified atom stereocenters. The van der Waals surface area contributed by atoms with Gasteiger partial charge < -0.3 is 4.90 Å². The van der Waals surface area contributed by atoms with E-state index in [1.54, 1.807) is 4.90 Å². The molecule has 0 bridgehead atoms. The van der Waals surface area contributed by atoms with Crippen LogP contribution in [-0.4, -0.2) is 22.6 Å². The third-order valence-electron chi connectivity index (χ3n) is 3.56. The Kier molecular flexibility index (Phi) is 3.10. The van der Waals surface area contributed by atoms with Crippen molar-refractivity contribution in [2.75, 3.05) is 11.4 Å². The summed E-state index contributed by atoms with van der Waals surface area (Å²) in [6.45, 7) is 2.68. The SMILES string of the molecule is Cc1cccc2c1N(C(=O)c1ccc(=O)[nH]n1)CCC2. The predicted molar refractivity (Wildman–Crippen MR) is 76.0 cm³/mol. The summed E-state index contributed by atoms with van der Waals surface area (Å²) < 4.78 is 0. The Labute approximate surface area is 116 Å². The van der Waals surface area contributed by atoms with Gasteiger partial charge in [0.2, 0.25) is 0 Å². The number of amides is 1. The quantitative estimate of drug-likeness (QED) is 0.856. The number of nitrogens with zero attached hydrogens (tertiary/aromatic N) is 2. The molecule has 0 saturated carbocycles. The fourth-order valence-corrected chi connectivity index (χ4v) is 2.65. The molecule has 2 heterocycles. The molecule has 0 aliphatic carbocycles. The lowest BCUT2D eigenvalue weighted by Crippen LogP contribution is -2.37. The van der Waals surface area contributed by atoms with E-state index in [4.69, 9.17) is 0 Å². The van der Waals surface area contributed by atoms with E-state index < -0.39 is 0 Å². The number of anilines is 1. The average molecular weight is 269 g/mol. The summed E-state index contributed by atoms with van der Waals surface area (Å²) in [6.07, 6.45) is 1.92. The minimum Gasteiger partial charge on any atom is -0.306 e. The molecule has 1 aromatic carbocycles. The Morgan fingerprint density at radius 1 is 1.30 bits per heavy atom. The van der Waals surface area contributed by atoms with Gasteiger partial charge in [-0.25, -0.2) is 5.10 Å². The van der Waals surface area contributed by atoms with Gasteiger partial charge in [0.25, 0.3) is 11.5 Å². The molecule has 1 N–H and O–H groups in total. The van der Waals surface area contributed by atoms with Gasteiger partial charge in [0, 0.05) is 12.6 Å². The van der Waals surface area contributed by atoms with E-state index in [2.05, 4.69) is 16.3 Å². The molecule has 0 spiro atoms. The van der Waals surface area contributed by atoms with Crippen molar-refractivity contribution in [2.45, 2.75) is 19.8 Å². The van der Waals surface area contributed by atoms with Gasteiger partial charge in [-0.1, -0.05) is 18.2 Å². The largest absolute Gasteiger partial charge is 0.306 e. The van der Waals surface area contributed by atoms with Crippen LogP contribution in [0.25, 0.3) is 0 Å². The first-order valence-corrected chi connectivity index (χ1v) is 6.63. The van der Waals surface area contributed by atoms with Crippen molar-refractivity contribution < 1.29 is 4.79 Å². The molecule has 1 amide bonds. The zero-order valence-corrected chi connectivity index (χ0v) is 11.2. The molecule has 0 atom stereocenters. The maximum atomic E-state index is 12.6. The van der Waals surface area contributed by atoms with Crippen LogP contribution in [0.1, 0.15) is 28.0 Å². The van der Waals surface area contributed by atoms with Crippen LogP contribution >= 0.6 is 0 Å². The van der Waals surface area contributed by atoms with Crippen LogP contribution in [0, 0.1) is 6.92 Å². The highest BCUT2D eigenvalue weighted by Gasteiger charge is 2.25. The summed E-state index contributed by atoms with van der Waals surface area (Å²) in [5, 5.41) is 6.13. The molecule has 0 fully saturated rings. The number of carbonyl (C=O) groups is 1. The van der Waals surface area contributed by atoms with Crippen molar-refractivity contribution in [3.05, 3.63) is 57.5 Å². The minimum atomic E-state index is -0.309. The summed E-state index contributed by atoms with van der Waals surface area (Å²) in [6, 6.07) is 8.86. The van der Waals surface area contributed by atoms with E-state index in [0.29, 0.717) is 6.54 Å². The van der Waals surface area contributed by atoms with Gasteiger partial charge in [-0.15, -0.1) is 0 Å². The molecule has 1 aliphatic rings. The van der Waals surface area contributed by atoms with Crippen molar-refractivity contribution in [1.82, 2.24) is 10.2 Å². The average Bonchev–Trinajstić information content (AvgIpc) is 2.47. The third-order valence-corrected chi connectivity index (χ3v) is 3.56. The van der Waals surface area contributed by atoms with Crippen molar-refractivity contribution in [1.29, 1.82) is 0 Å². The Hall–Kier alpha value is -2.43. The van der Waals surface area contributed by atoms with Gasteiger partial charge in [-0.2, -0.15) is 5.10 Å². The number of fused-ring (bicyclic) bond motifs is 1. The minimum absolute atomic E-state index is 0.170. The topological polar surface area (TPSA) is 66.1 Å². The van der Waals surface area contributed by atoms with Crippen LogP contribution in [0.5, 0.6) is 0 Å². The van der Waals surface area contributed by atoms with Crippen LogP contribution in [-0.2, 0) is 6.42 Å². The molecule has 2 aromatic rings. The number of hydrogen-bond acceptors (Lipinski definition) is 3. The normalized spacial score (nSPS) is 13.9. The van der Waals surface area contributed by atoms with Crippen LogP contribution in [0.3, 0.4) is 0 Å². The third kappa shape index (κ3) is 2.11. The number of carbonyl (C=O) groups excluding carboxylic acids is 1. The molecule has 0 radical (unpaired) electrons. The van der Waals surface area contributed by atoms with Gasteiger partial charge in [-0.3, -0.25) is 9.59 Å². The number of H-pyrrole nitrogens is 1. The molecule has 20 heavy (non-hydrogen) atoms. The maximum Gasteiger partial charge on any atom is 0.278 e. The van der Waals surface area contributed by atoms with E-state index in [1.807, 2.05) is 19.1 Å². The number of hydrogen-bond donors (Lipinski definition) is 1. The highest BCUT2D eigenvalue weighted by molar-refractivity contribution is 6.05. The first-order chi connectivity index (χ1) is 9.66.